The van der Waals surface area contributed by atoms with Gasteiger partial charge in [0.1, 0.15) is 11.2 Å². The van der Waals surface area contributed by atoms with E-state index in [1.54, 1.807) is 0 Å². The number of benzene rings is 14. The monoisotopic (exact) mass is 1110 g/mol. The number of para-hydroxylation sites is 6. The first kappa shape index (κ1) is 50.3. The Hall–Kier alpha value is -11.2. The van der Waals surface area contributed by atoms with E-state index in [2.05, 4.69) is 327 Å². The molecule has 1 aliphatic rings. The lowest BCUT2D eigenvalue weighted by Gasteiger charge is -2.36. The molecule has 0 atom stereocenters. The largest absolute Gasteiger partial charge is 0.453 e. The van der Waals surface area contributed by atoms with E-state index in [4.69, 9.17) is 8.83 Å². The molecule has 0 radical (unpaired) electrons. The molecule has 0 aliphatic heterocycles. The Bertz CT molecular complexity index is 5040. The highest BCUT2D eigenvalue weighted by molar-refractivity contribution is 6.21. The fourth-order valence-corrected chi connectivity index (χ4v) is 14.6. The fourth-order valence-electron chi connectivity index (χ4n) is 14.6. The minimum Gasteiger partial charge on any atom is -0.453 e. The maximum absolute atomic E-state index is 7.35. The second-order valence-corrected chi connectivity index (χ2v) is 23.1. The molecule has 2 aromatic heterocycles. The molecule has 16 aromatic rings. The molecule has 0 fully saturated rings. The molecule has 0 saturated heterocycles. The molecule has 87 heavy (non-hydrogen) atoms. The molecule has 0 spiro atoms. The highest BCUT2D eigenvalue weighted by Gasteiger charge is 2.49. The van der Waals surface area contributed by atoms with Crippen LogP contribution in [0.5, 0.6) is 0 Å². The van der Waals surface area contributed by atoms with Crippen LogP contribution in [-0.2, 0) is 5.41 Å². The van der Waals surface area contributed by atoms with Crippen LogP contribution in [0.3, 0.4) is 0 Å². The van der Waals surface area contributed by atoms with Crippen LogP contribution in [0.25, 0.3) is 98.8 Å². The van der Waals surface area contributed by atoms with Gasteiger partial charge in [-0.3, -0.25) is 0 Å². The lowest BCUT2D eigenvalue weighted by Crippen LogP contribution is -2.29. The summed E-state index contributed by atoms with van der Waals surface area (Å²) in [5.41, 5.74) is 22.5. The molecule has 0 bridgehead atoms. The number of nitrogens with zero attached hydrogens (tertiary/aromatic N) is 2. The van der Waals surface area contributed by atoms with Gasteiger partial charge in [0, 0.05) is 54.8 Å². The standard InChI is InChI=1S/C83H56N2O2/c1-53-27-15-21-47-71(53)84(73-49-25-45-67-65-43-23-41-59(79(65)86-81(67)73)55-29-7-3-8-30-55)75-51-69-77(63-39-19-17-37-61(63)75)78-64-40-20-18-38-62(64)76(52-70(78)83(69,57-33-11-5-12-34-57)58-35-13-6-14-36-58)85(72-48-22-16-28-54(72)2)74-50-26-46-68-66-44-24-42-60(80(66)87-82(68)74)56-31-9-4-10-32-56/h3-52H,1-2H3. The third kappa shape index (κ3) is 7.57. The Kier molecular flexibility index (Phi) is 11.6. The van der Waals surface area contributed by atoms with Gasteiger partial charge in [-0.15, -0.1) is 0 Å². The lowest BCUT2D eigenvalue weighted by atomic mass is 9.67. The van der Waals surface area contributed by atoms with E-state index in [0.717, 1.165) is 133 Å². The molecule has 4 nitrogen and oxygen atoms in total. The molecular weight excluding hydrogens is 1060 g/mol. The third-order valence-electron chi connectivity index (χ3n) is 18.4. The molecule has 4 heteroatoms. The van der Waals surface area contributed by atoms with Gasteiger partial charge < -0.3 is 18.6 Å². The summed E-state index contributed by atoms with van der Waals surface area (Å²) in [6.45, 7) is 4.44. The number of furan rings is 2. The summed E-state index contributed by atoms with van der Waals surface area (Å²) in [7, 11) is 0. The third-order valence-corrected chi connectivity index (χ3v) is 18.4. The summed E-state index contributed by atoms with van der Waals surface area (Å²) in [5.74, 6) is 0. The Morgan fingerprint density at radius 1 is 0.253 bits per heavy atom. The summed E-state index contributed by atoms with van der Waals surface area (Å²) in [4.78, 5) is 4.96. The van der Waals surface area contributed by atoms with Crippen LogP contribution in [0.4, 0.5) is 34.1 Å². The van der Waals surface area contributed by atoms with Gasteiger partial charge in [-0.25, -0.2) is 0 Å². The van der Waals surface area contributed by atoms with E-state index in [1.807, 2.05) is 0 Å². The topological polar surface area (TPSA) is 32.8 Å². The highest BCUT2D eigenvalue weighted by Crippen LogP contribution is 2.63. The first-order valence-electron chi connectivity index (χ1n) is 30.0. The van der Waals surface area contributed by atoms with Gasteiger partial charge in [0.15, 0.2) is 11.2 Å². The van der Waals surface area contributed by atoms with E-state index in [9.17, 15) is 0 Å². The van der Waals surface area contributed by atoms with Gasteiger partial charge in [-0.05, 0) is 117 Å². The Labute approximate surface area is 504 Å². The van der Waals surface area contributed by atoms with Crippen molar-refractivity contribution in [3.63, 3.8) is 0 Å². The summed E-state index contributed by atoms with van der Waals surface area (Å²) in [6, 6.07) is 111. The smallest absolute Gasteiger partial charge is 0.159 e. The molecule has 2 heterocycles. The van der Waals surface area contributed by atoms with Gasteiger partial charge in [-0.2, -0.15) is 0 Å². The first-order chi connectivity index (χ1) is 43.0. The summed E-state index contributed by atoms with van der Waals surface area (Å²) in [6.07, 6.45) is 0. The zero-order valence-corrected chi connectivity index (χ0v) is 48.1. The van der Waals surface area contributed by atoms with Gasteiger partial charge in [0.2, 0.25) is 0 Å². The molecule has 1 aliphatic carbocycles. The van der Waals surface area contributed by atoms with Crippen molar-refractivity contribution in [1.29, 1.82) is 0 Å². The Morgan fingerprint density at radius 3 is 0.966 bits per heavy atom. The van der Waals surface area contributed by atoms with Crippen molar-refractivity contribution in [2.45, 2.75) is 19.3 Å². The summed E-state index contributed by atoms with van der Waals surface area (Å²) >= 11 is 0. The van der Waals surface area contributed by atoms with Crippen LogP contribution in [0.2, 0.25) is 0 Å². The fraction of sp³-hybridized carbons (Fsp3) is 0.0361. The number of rotatable bonds is 10. The second kappa shape index (κ2) is 20.0. The molecule has 410 valence electrons. The van der Waals surface area contributed by atoms with Crippen LogP contribution in [0.1, 0.15) is 33.4 Å². The van der Waals surface area contributed by atoms with E-state index in [1.165, 1.54) is 33.4 Å². The van der Waals surface area contributed by atoms with Crippen LogP contribution in [-0.4, -0.2) is 0 Å². The SMILES string of the molecule is Cc1ccccc1N(c1cc2c(c3ccccc13)-c1c(cc(N(c3ccccc3C)c3cccc4c3oc3c(-c5ccccc5)cccc34)c3ccccc13)C2(c1ccccc1)c1ccccc1)c1cccc2c1oc1c(-c3ccccc3)cccc12. The van der Waals surface area contributed by atoms with E-state index in [-0.39, 0.29) is 0 Å². The van der Waals surface area contributed by atoms with Crippen molar-refractivity contribution in [1.82, 2.24) is 0 Å². The summed E-state index contributed by atoms with van der Waals surface area (Å²) in [5, 5.41) is 8.86. The van der Waals surface area contributed by atoms with Crippen LogP contribution < -0.4 is 9.80 Å². The minimum absolute atomic E-state index is 0.826. The van der Waals surface area contributed by atoms with Gasteiger partial charge in [-0.1, -0.05) is 267 Å². The number of aryl methyl sites for hydroxylation is 2. The lowest BCUT2D eigenvalue weighted by molar-refractivity contribution is 0.670. The molecular formula is C83H56N2O2. The van der Waals surface area contributed by atoms with Crippen molar-refractivity contribution in [2.24, 2.45) is 0 Å². The predicted molar refractivity (Wildman–Crippen MR) is 363 cm³/mol. The second-order valence-electron chi connectivity index (χ2n) is 23.1. The predicted octanol–water partition coefficient (Wildman–Crippen LogP) is 23.0. The van der Waals surface area contributed by atoms with Gasteiger partial charge in [0.05, 0.1) is 28.2 Å². The van der Waals surface area contributed by atoms with Crippen molar-refractivity contribution in [3.8, 4) is 33.4 Å². The highest BCUT2D eigenvalue weighted by atomic mass is 16.3. The van der Waals surface area contributed by atoms with E-state index >= 15 is 0 Å². The van der Waals surface area contributed by atoms with Crippen LogP contribution >= 0.6 is 0 Å². The van der Waals surface area contributed by atoms with E-state index < -0.39 is 5.41 Å². The number of hydrogen-bond donors (Lipinski definition) is 0. The number of fused-ring (bicyclic) bond motifs is 13. The zero-order valence-electron chi connectivity index (χ0n) is 48.1. The van der Waals surface area contributed by atoms with E-state index in [0.29, 0.717) is 0 Å². The molecule has 0 saturated carbocycles. The zero-order chi connectivity index (χ0) is 57.7. The average Bonchev–Trinajstić information content (AvgIpc) is 1.54. The molecule has 14 aromatic carbocycles. The molecule has 0 unspecified atom stereocenters. The maximum Gasteiger partial charge on any atom is 0.159 e. The van der Waals surface area contributed by atoms with Crippen molar-refractivity contribution in [3.05, 3.63) is 337 Å². The van der Waals surface area contributed by atoms with Crippen molar-refractivity contribution in [2.75, 3.05) is 9.80 Å². The minimum atomic E-state index is -0.856. The maximum atomic E-state index is 7.35. The quantitative estimate of drug-likeness (QED) is 0.137. The van der Waals surface area contributed by atoms with Gasteiger partial charge >= 0.3 is 0 Å². The molecule has 0 amide bonds. The molecule has 0 N–H and O–H groups in total. The Balaban J connectivity index is 0.994. The van der Waals surface area contributed by atoms with Gasteiger partial charge in [0.25, 0.3) is 0 Å². The number of hydrogen-bond acceptors (Lipinski definition) is 4. The van der Waals surface area contributed by atoms with Crippen molar-refractivity contribution >= 4 is 99.5 Å². The molecule has 17 rings (SSSR count). The normalized spacial score (nSPS) is 12.6. The Morgan fingerprint density at radius 2 is 0.563 bits per heavy atom. The van der Waals surface area contributed by atoms with Crippen molar-refractivity contribution < 1.29 is 8.83 Å². The summed E-state index contributed by atoms with van der Waals surface area (Å²) < 4.78 is 14.7. The van der Waals surface area contributed by atoms with Crippen LogP contribution in [0.15, 0.2) is 312 Å². The number of anilines is 6. The van der Waals surface area contributed by atoms with Crippen LogP contribution in [0, 0.1) is 13.8 Å². The average molecular weight is 1110 g/mol. The first-order valence-corrected chi connectivity index (χ1v) is 30.0.